The Hall–Kier alpha value is -8.78. The van der Waals surface area contributed by atoms with Crippen molar-refractivity contribution in [3.8, 4) is 33.5 Å². The minimum absolute atomic E-state index is 0.499. The molecule has 2 spiro atoms. The van der Waals surface area contributed by atoms with Crippen molar-refractivity contribution in [1.82, 2.24) is 4.98 Å². The van der Waals surface area contributed by atoms with Crippen molar-refractivity contribution in [2.75, 3.05) is 9.80 Å². The smallest absolute Gasteiger partial charge is 0.196 e. The van der Waals surface area contributed by atoms with Crippen LogP contribution in [0.4, 0.5) is 39.8 Å². The Labute approximate surface area is 383 Å². The fourth-order valence-corrected chi connectivity index (χ4v) is 12.4. The predicted molar refractivity (Wildman–Crippen MR) is 267 cm³/mol. The molecule has 10 aromatic rings. The zero-order chi connectivity index (χ0) is 43.6. The Morgan fingerprint density at radius 3 is 1.05 bits per heavy atom. The molecule has 2 aliphatic heterocycles. The molecule has 0 fully saturated rings. The van der Waals surface area contributed by atoms with Gasteiger partial charge in [-0.25, -0.2) is 4.85 Å². The highest BCUT2D eigenvalue weighted by Gasteiger charge is 2.53. The summed E-state index contributed by atoms with van der Waals surface area (Å²) in [7, 11) is 0. The van der Waals surface area contributed by atoms with Crippen LogP contribution in [-0.2, 0) is 10.8 Å². The second-order valence-electron chi connectivity index (χ2n) is 17.6. The van der Waals surface area contributed by atoms with E-state index in [-0.39, 0.29) is 0 Å². The van der Waals surface area contributed by atoms with Crippen molar-refractivity contribution in [2.24, 2.45) is 0 Å². The van der Waals surface area contributed by atoms with E-state index in [4.69, 9.17) is 11.6 Å². The summed E-state index contributed by atoms with van der Waals surface area (Å²) in [5.74, 6) is 0. The van der Waals surface area contributed by atoms with Crippen LogP contribution in [0, 0.1) is 6.57 Å². The van der Waals surface area contributed by atoms with Crippen molar-refractivity contribution in [3.63, 3.8) is 0 Å². The number of anilines is 6. The number of rotatable bonds is 3. The molecule has 0 saturated carbocycles. The first-order valence-corrected chi connectivity index (χ1v) is 22.6. The van der Waals surface area contributed by atoms with Gasteiger partial charge in [0.1, 0.15) is 0 Å². The number of aromatic nitrogens is 1. The molecule has 9 aromatic carbocycles. The van der Waals surface area contributed by atoms with Crippen LogP contribution in [0.5, 0.6) is 0 Å². The summed E-state index contributed by atoms with van der Waals surface area (Å²) in [4.78, 5) is 13.9. The Morgan fingerprint density at radius 2 is 0.667 bits per heavy atom. The highest BCUT2D eigenvalue weighted by molar-refractivity contribution is 5.99. The van der Waals surface area contributed by atoms with Crippen LogP contribution in [0.2, 0.25) is 0 Å². The van der Waals surface area contributed by atoms with Gasteiger partial charge in [-0.15, -0.1) is 0 Å². The van der Waals surface area contributed by atoms with Gasteiger partial charge >= 0.3 is 0 Å². The number of hydrogen-bond donors (Lipinski definition) is 0. The van der Waals surface area contributed by atoms with Gasteiger partial charge in [0.15, 0.2) is 5.69 Å². The first-order valence-electron chi connectivity index (χ1n) is 22.6. The standard InChI is InChI=1S/C62H38N4/c1-63-55-35-34-40(65-57-30-14-10-26-51(57)61(52-27-11-15-31-58(52)65)47-22-6-2-18-42(47)43-19-3-7-23-48(43)61)38-46(55)56-39-41(36-37-64-56)66-59-32-16-12-28-53(59)62(54-29-13-17-33-60(54)66)49-24-8-4-20-44(49)45-21-5-9-25-50(45)62/h2-39H. The first-order chi connectivity index (χ1) is 32.7. The predicted octanol–water partition coefficient (Wildman–Crippen LogP) is 15.6. The molecular formula is C62H38N4. The van der Waals surface area contributed by atoms with E-state index in [9.17, 15) is 0 Å². The molecule has 0 radical (unpaired) electrons. The van der Waals surface area contributed by atoms with Gasteiger partial charge in [-0.05, 0) is 115 Å². The van der Waals surface area contributed by atoms with Crippen molar-refractivity contribution >= 4 is 39.8 Å². The van der Waals surface area contributed by atoms with Gasteiger partial charge in [-0.1, -0.05) is 176 Å². The van der Waals surface area contributed by atoms with Crippen LogP contribution in [0.15, 0.2) is 231 Å². The van der Waals surface area contributed by atoms with Crippen molar-refractivity contribution in [1.29, 1.82) is 0 Å². The fourth-order valence-electron chi connectivity index (χ4n) is 12.4. The maximum Gasteiger partial charge on any atom is 0.196 e. The maximum atomic E-state index is 8.46. The van der Waals surface area contributed by atoms with Gasteiger partial charge in [-0.2, -0.15) is 0 Å². The molecule has 0 bridgehead atoms. The number of hydrogen-bond acceptors (Lipinski definition) is 3. The summed E-state index contributed by atoms with van der Waals surface area (Å²) in [5.41, 5.74) is 22.7. The molecule has 4 aliphatic rings. The lowest BCUT2D eigenvalue weighted by Crippen LogP contribution is -2.36. The van der Waals surface area contributed by atoms with E-state index < -0.39 is 10.8 Å². The average molecular weight is 839 g/mol. The van der Waals surface area contributed by atoms with Crippen LogP contribution in [0.3, 0.4) is 0 Å². The van der Waals surface area contributed by atoms with Crippen molar-refractivity contribution in [3.05, 3.63) is 287 Å². The summed E-state index contributed by atoms with van der Waals surface area (Å²) in [6.07, 6.45) is 1.89. The quantitative estimate of drug-likeness (QED) is 0.166. The van der Waals surface area contributed by atoms with Gasteiger partial charge in [0.25, 0.3) is 0 Å². The van der Waals surface area contributed by atoms with Gasteiger partial charge < -0.3 is 9.80 Å². The van der Waals surface area contributed by atoms with E-state index >= 15 is 0 Å². The monoisotopic (exact) mass is 838 g/mol. The van der Waals surface area contributed by atoms with Crippen LogP contribution in [0.1, 0.15) is 44.5 Å². The molecule has 0 amide bonds. The molecule has 4 nitrogen and oxygen atoms in total. The molecule has 0 atom stereocenters. The lowest BCUT2D eigenvalue weighted by Gasteiger charge is -2.45. The Kier molecular flexibility index (Phi) is 7.56. The average Bonchev–Trinajstić information content (AvgIpc) is 3.85. The van der Waals surface area contributed by atoms with E-state index in [2.05, 4.69) is 233 Å². The normalized spacial score (nSPS) is 14.5. The number of benzene rings is 9. The van der Waals surface area contributed by atoms with E-state index in [0.717, 1.165) is 45.4 Å². The molecule has 2 aliphatic carbocycles. The van der Waals surface area contributed by atoms with E-state index in [1.807, 2.05) is 12.3 Å². The first kappa shape index (κ1) is 36.7. The highest BCUT2D eigenvalue weighted by Crippen LogP contribution is 2.65. The van der Waals surface area contributed by atoms with Crippen LogP contribution in [-0.4, -0.2) is 4.98 Å². The lowest BCUT2D eigenvalue weighted by molar-refractivity contribution is 0.752. The van der Waals surface area contributed by atoms with Crippen LogP contribution >= 0.6 is 0 Å². The minimum atomic E-state index is -0.506. The number of pyridine rings is 1. The SMILES string of the molecule is [C-]#[N+]c1ccc(N2c3ccccc3C3(c4ccccc4-c4ccccc43)c3ccccc32)cc1-c1cc(N2c3ccccc3C3(c4ccccc4-c4ccccc43)c3ccccc32)ccn1. The zero-order valence-corrected chi connectivity index (χ0v) is 35.7. The molecule has 306 valence electrons. The molecule has 66 heavy (non-hydrogen) atoms. The largest absolute Gasteiger partial charge is 0.310 e. The third-order valence-electron chi connectivity index (χ3n) is 14.7. The highest BCUT2D eigenvalue weighted by atomic mass is 15.2. The van der Waals surface area contributed by atoms with Crippen molar-refractivity contribution in [2.45, 2.75) is 10.8 Å². The van der Waals surface area contributed by atoms with Crippen molar-refractivity contribution < 1.29 is 0 Å². The molecule has 3 heterocycles. The molecule has 0 saturated heterocycles. The molecule has 14 rings (SSSR count). The Morgan fingerprint density at radius 1 is 0.333 bits per heavy atom. The molecule has 1 aromatic heterocycles. The van der Waals surface area contributed by atoms with E-state index in [1.54, 1.807) is 0 Å². The van der Waals surface area contributed by atoms with Gasteiger partial charge in [-0.3, -0.25) is 4.98 Å². The van der Waals surface area contributed by atoms with Crippen LogP contribution in [0.25, 0.3) is 38.4 Å². The second-order valence-corrected chi connectivity index (χ2v) is 17.6. The summed E-state index contributed by atoms with van der Waals surface area (Å²) >= 11 is 0. The second kappa shape index (κ2) is 13.6. The molecular weight excluding hydrogens is 801 g/mol. The Bertz CT molecular complexity index is 3530. The third kappa shape index (κ3) is 4.58. The summed E-state index contributed by atoms with van der Waals surface area (Å²) in [6, 6.07) is 81.6. The van der Waals surface area contributed by atoms with E-state index in [1.165, 1.54) is 66.8 Å². The number of fused-ring (bicyclic) bond motifs is 18. The molecule has 0 unspecified atom stereocenters. The third-order valence-corrected chi connectivity index (χ3v) is 14.7. The van der Waals surface area contributed by atoms with Gasteiger partial charge in [0, 0.05) is 23.1 Å². The van der Waals surface area contributed by atoms with E-state index in [0.29, 0.717) is 5.69 Å². The summed E-state index contributed by atoms with van der Waals surface area (Å²) < 4.78 is 0. The summed E-state index contributed by atoms with van der Waals surface area (Å²) in [6.45, 7) is 8.46. The zero-order valence-electron chi connectivity index (χ0n) is 35.7. The Balaban J connectivity index is 0.944. The lowest BCUT2D eigenvalue weighted by atomic mass is 9.64. The minimum Gasteiger partial charge on any atom is -0.310 e. The molecule has 4 heteroatoms. The number of nitrogens with zero attached hydrogens (tertiary/aromatic N) is 4. The topological polar surface area (TPSA) is 23.7 Å². The van der Waals surface area contributed by atoms with Gasteiger partial charge in [0.2, 0.25) is 0 Å². The molecule has 0 N–H and O–H groups in total. The maximum absolute atomic E-state index is 8.46. The fraction of sp³-hybridized carbons (Fsp3) is 0.0323. The van der Waals surface area contributed by atoms with Crippen LogP contribution < -0.4 is 9.80 Å². The van der Waals surface area contributed by atoms with Gasteiger partial charge in [0.05, 0.1) is 45.8 Å². The number of para-hydroxylation sites is 4. The summed E-state index contributed by atoms with van der Waals surface area (Å²) in [5, 5.41) is 0.